The Balaban J connectivity index is 1.67. The summed E-state index contributed by atoms with van der Waals surface area (Å²) in [4.78, 5) is 19.0. The van der Waals surface area contributed by atoms with E-state index < -0.39 is 17.8 Å². The molecule has 7 nitrogen and oxygen atoms in total. The van der Waals surface area contributed by atoms with Gasteiger partial charge in [0, 0.05) is 58.0 Å². The molecule has 2 aliphatic rings. The maximum atomic E-state index is 12.8. The molecule has 1 aromatic heterocycles. The van der Waals surface area contributed by atoms with Crippen LogP contribution >= 0.6 is 0 Å². The number of likely N-dealkylation sites (N-methyl/N-ethyl adjacent to an activating group) is 1. The number of aromatic nitrogens is 2. The number of nitrogens with one attached hydrogen (secondary N) is 1. The lowest BCUT2D eigenvalue weighted by Gasteiger charge is -2.46. The number of hydrogen-bond acceptors (Lipinski definition) is 5. The number of alkyl halides is 3. The summed E-state index contributed by atoms with van der Waals surface area (Å²) in [6.07, 6.45) is -2.34. The Bertz CT molecular complexity index is 658. The molecule has 0 radical (unpaired) electrons. The predicted octanol–water partition coefficient (Wildman–Crippen LogP) is 1.28. The van der Waals surface area contributed by atoms with E-state index in [0.717, 1.165) is 45.1 Å². The fraction of sp³-hybridized carbons (Fsp3) is 0.778. The van der Waals surface area contributed by atoms with Crippen LogP contribution in [0.15, 0.2) is 6.07 Å². The Kier molecular flexibility index (Phi) is 6.61. The summed E-state index contributed by atoms with van der Waals surface area (Å²) in [5, 5.41) is 14.7. The number of halogens is 3. The van der Waals surface area contributed by atoms with Gasteiger partial charge in [-0.3, -0.25) is 14.8 Å². The van der Waals surface area contributed by atoms with E-state index in [4.69, 9.17) is 0 Å². The predicted molar refractivity (Wildman–Crippen MR) is 96.8 cm³/mol. The Morgan fingerprint density at radius 1 is 1.29 bits per heavy atom. The number of H-pyrrole nitrogens is 1. The second-order valence-corrected chi connectivity index (χ2v) is 7.74. The first-order chi connectivity index (χ1) is 13.3. The number of aliphatic hydroxyl groups is 1. The van der Waals surface area contributed by atoms with Gasteiger partial charge in [0.2, 0.25) is 0 Å². The molecule has 1 amide bonds. The molecule has 0 spiro atoms. The third-order valence-electron chi connectivity index (χ3n) is 5.82. The van der Waals surface area contributed by atoms with Crippen molar-refractivity contribution in [3.63, 3.8) is 0 Å². The van der Waals surface area contributed by atoms with Crippen molar-refractivity contribution in [3.8, 4) is 0 Å². The monoisotopic (exact) mass is 403 g/mol. The molecule has 2 N–H and O–H groups in total. The molecule has 3 heterocycles. The van der Waals surface area contributed by atoms with Crippen LogP contribution < -0.4 is 0 Å². The third-order valence-corrected chi connectivity index (χ3v) is 5.82. The number of likely N-dealkylation sites (tertiary alicyclic amines) is 1. The van der Waals surface area contributed by atoms with Gasteiger partial charge in [-0.2, -0.15) is 18.3 Å². The van der Waals surface area contributed by atoms with Crippen molar-refractivity contribution < 1.29 is 23.1 Å². The molecule has 2 atom stereocenters. The highest BCUT2D eigenvalue weighted by Crippen LogP contribution is 2.30. The molecule has 1 aromatic rings. The van der Waals surface area contributed by atoms with Crippen molar-refractivity contribution in [2.45, 2.75) is 31.5 Å². The van der Waals surface area contributed by atoms with Gasteiger partial charge in [0.05, 0.1) is 0 Å². The first-order valence-electron chi connectivity index (χ1n) is 9.75. The summed E-state index contributed by atoms with van der Waals surface area (Å²) in [7, 11) is 2.10. The lowest BCUT2D eigenvalue weighted by Crippen LogP contribution is -2.57. The summed E-state index contributed by atoms with van der Waals surface area (Å²) in [6, 6.07) is 1.10. The van der Waals surface area contributed by atoms with Crippen LogP contribution in [0.5, 0.6) is 0 Å². The van der Waals surface area contributed by atoms with Crippen LogP contribution in [-0.4, -0.2) is 94.9 Å². The second-order valence-electron chi connectivity index (χ2n) is 7.74. The highest BCUT2D eigenvalue weighted by molar-refractivity contribution is 5.92. The largest absolute Gasteiger partial charge is 0.432 e. The molecule has 3 rings (SSSR count). The van der Waals surface area contributed by atoms with Gasteiger partial charge in [0.25, 0.3) is 5.91 Å². The zero-order chi connectivity index (χ0) is 20.3. The van der Waals surface area contributed by atoms with E-state index in [1.165, 1.54) is 0 Å². The Morgan fingerprint density at radius 3 is 2.61 bits per heavy atom. The number of carbonyl (C=O) groups excluding carboxylic acids is 1. The van der Waals surface area contributed by atoms with Gasteiger partial charge in [0.1, 0.15) is 5.69 Å². The fourth-order valence-electron chi connectivity index (χ4n) is 4.21. The number of hydrogen-bond donors (Lipinski definition) is 2. The molecule has 10 heteroatoms. The first-order valence-corrected chi connectivity index (χ1v) is 9.75. The molecule has 0 aromatic carbocycles. The highest BCUT2D eigenvalue weighted by atomic mass is 19.4. The maximum absolute atomic E-state index is 12.8. The number of aliphatic hydroxyl groups excluding tert-OH is 1. The fourth-order valence-corrected chi connectivity index (χ4v) is 4.21. The van der Waals surface area contributed by atoms with Crippen molar-refractivity contribution in [1.82, 2.24) is 24.9 Å². The summed E-state index contributed by atoms with van der Waals surface area (Å²) in [5.74, 6) is -0.285. The van der Waals surface area contributed by atoms with Crippen LogP contribution in [0.1, 0.15) is 35.4 Å². The number of carbonyl (C=O) groups is 1. The normalized spacial score (nSPS) is 25.2. The second kappa shape index (κ2) is 8.79. The van der Waals surface area contributed by atoms with Crippen LogP contribution in [0.3, 0.4) is 0 Å². The lowest BCUT2D eigenvalue weighted by molar-refractivity contribution is -0.141. The van der Waals surface area contributed by atoms with Crippen LogP contribution in [0.25, 0.3) is 0 Å². The molecule has 2 aliphatic heterocycles. The minimum Gasteiger partial charge on any atom is -0.396 e. The standard InChI is InChI=1S/C18H28F3N5O2/c1-24-6-8-25(9-7-24)15-4-5-26(12-13(15)3-2-10-27)17(28)14-11-16(23-22-14)18(19,20)21/h11,13,15,27H,2-10,12H2,1H3,(H,22,23)/t13-,15+/m1/s1. The number of amides is 1. The zero-order valence-electron chi connectivity index (χ0n) is 16.1. The van der Waals surface area contributed by atoms with E-state index in [0.29, 0.717) is 25.6 Å². The Hall–Kier alpha value is -1.65. The average Bonchev–Trinajstić information content (AvgIpc) is 3.17. The van der Waals surface area contributed by atoms with Gasteiger partial charge < -0.3 is 14.9 Å². The number of piperidine rings is 1. The van der Waals surface area contributed by atoms with E-state index in [-0.39, 0.29) is 18.2 Å². The smallest absolute Gasteiger partial charge is 0.396 e. The molecule has 2 saturated heterocycles. The summed E-state index contributed by atoms with van der Waals surface area (Å²) in [6.45, 7) is 5.01. The van der Waals surface area contributed by atoms with Gasteiger partial charge in [-0.15, -0.1) is 0 Å². The molecule has 2 fully saturated rings. The minimum absolute atomic E-state index is 0.0915. The van der Waals surface area contributed by atoms with Gasteiger partial charge in [0.15, 0.2) is 5.69 Å². The minimum atomic E-state index is -4.55. The molecular formula is C18H28F3N5O2. The lowest BCUT2D eigenvalue weighted by atomic mass is 9.86. The van der Waals surface area contributed by atoms with Crippen molar-refractivity contribution in [2.24, 2.45) is 5.92 Å². The van der Waals surface area contributed by atoms with E-state index in [9.17, 15) is 23.1 Å². The van der Waals surface area contributed by atoms with E-state index >= 15 is 0 Å². The topological polar surface area (TPSA) is 75.7 Å². The van der Waals surface area contributed by atoms with Crippen LogP contribution in [0, 0.1) is 5.92 Å². The first kappa shape index (κ1) is 21.1. The van der Waals surface area contributed by atoms with Crippen molar-refractivity contribution >= 4 is 5.91 Å². The Labute approximate surface area is 162 Å². The quantitative estimate of drug-likeness (QED) is 0.775. The van der Waals surface area contributed by atoms with Gasteiger partial charge in [-0.25, -0.2) is 0 Å². The molecule has 28 heavy (non-hydrogen) atoms. The van der Waals surface area contributed by atoms with Crippen LogP contribution in [0.4, 0.5) is 13.2 Å². The third kappa shape index (κ3) is 4.84. The van der Waals surface area contributed by atoms with Crippen LogP contribution in [0.2, 0.25) is 0 Å². The zero-order valence-corrected chi connectivity index (χ0v) is 16.1. The Morgan fingerprint density at radius 2 is 2.00 bits per heavy atom. The SMILES string of the molecule is CN1CCN([C@H]2CCN(C(=O)c3cc(C(F)(F)F)[nH]n3)C[C@H]2CCCO)CC1. The molecule has 158 valence electrons. The molecule has 0 aliphatic carbocycles. The summed E-state index contributed by atoms with van der Waals surface area (Å²) < 4.78 is 38.3. The highest BCUT2D eigenvalue weighted by Gasteiger charge is 2.38. The van der Waals surface area contributed by atoms with E-state index in [1.54, 1.807) is 4.90 Å². The summed E-state index contributed by atoms with van der Waals surface area (Å²) >= 11 is 0. The van der Waals surface area contributed by atoms with Crippen molar-refractivity contribution in [3.05, 3.63) is 17.5 Å². The number of piperazine rings is 1. The van der Waals surface area contributed by atoms with Gasteiger partial charge in [-0.1, -0.05) is 0 Å². The maximum Gasteiger partial charge on any atom is 0.432 e. The van der Waals surface area contributed by atoms with E-state index in [1.807, 2.05) is 5.10 Å². The van der Waals surface area contributed by atoms with E-state index in [2.05, 4.69) is 21.9 Å². The number of nitrogens with zero attached hydrogens (tertiary/aromatic N) is 4. The van der Waals surface area contributed by atoms with Crippen LogP contribution in [-0.2, 0) is 6.18 Å². The molecule has 0 unspecified atom stereocenters. The van der Waals surface area contributed by atoms with Gasteiger partial charge >= 0.3 is 6.18 Å². The number of aromatic amines is 1. The molecule has 0 saturated carbocycles. The average molecular weight is 403 g/mol. The van der Waals surface area contributed by atoms with Gasteiger partial charge in [-0.05, 0) is 32.2 Å². The molecule has 0 bridgehead atoms. The number of rotatable bonds is 5. The van der Waals surface area contributed by atoms with Crippen molar-refractivity contribution in [1.29, 1.82) is 0 Å². The molecular weight excluding hydrogens is 375 g/mol. The van der Waals surface area contributed by atoms with Crippen molar-refractivity contribution in [2.75, 3.05) is 52.9 Å². The summed E-state index contributed by atoms with van der Waals surface area (Å²) in [5.41, 5.74) is -1.22.